The smallest absolute Gasteiger partial charge is 0.134 e. The third-order valence-electron chi connectivity index (χ3n) is 3.53. The lowest BCUT2D eigenvalue weighted by Crippen LogP contribution is -2.22. The fraction of sp³-hybridized carbons (Fsp3) is 0.250. The molecule has 0 aliphatic heterocycles. The van der Waals surface area contributed by atoms with Gasteiger partial charge in [-0.25, -0.2) is 8.78 Å². The first-order valence-electron chi connectivity index (χ1n) is 6.53. The van der Waals surface area contributed by atoms with Gasteiger partial charge in [-0.15, -0.1) is 0 Å². The van der Waals surface area contributed by atoms with Crippen LogP contribution in [0.15, 0.2) is 40.9 Å². The maximum absolute atomic E-state index is 14.2. The van der Waals surface area contributed by atoms with Gasteiger partial charge in [0.15, 0.2) is 0 Å². The van der Waals surface area contributed by atoms with Crippen molar-refractivity contribution in [2.75, 3.05) is 6.54 Å². The van der Waals surface area contributed by atoms with Crippen molar-refractivity contribution in [1.82, 2.24) is 0 Å². The molecule has 5 heteroatoms. The number of aliphatic hydroxyl groups excluding tert-OH is 1. The molecular weight excluding hydrogens is 340 g/mol. The summed E-state index contributed by atoms with van der Waals surface area (Å²) in [5.74, 6) is -2.08. The Morgan fingerprint density at radius 1 is 1.24 bits per heavy atom. The van der Waals surface area contributed by atoms with Gasteiger partial charge in [-0.3, -0.25) is 0 Å². The van der Waals surface area contributed by atoms with E-state index in [-0.39, 0.29) is 17.7 Å². The maximum Gasteiger partial charge on any atom is 0.134 e. The number of hydrogen-bond donors (Lipinski definition) is 2. The Labute approximate surface area is 130 Å². The van der Waals surface area contributed by atoms with Crippen molar-refractivity contribution >= 4 is 15.9 Å². The highest BCUT2D eigenvalue weighted by Gasteiger charge is 2.27. The van der Waals surface area contributed by atoms with Crippen LogP contribution in [-0.4, -0.2) is 11.7 Å². The van der Waals surface area contributed by atoms with E-state index in [4.69, 9.17) is 5.73 Å². The van der Waals surface area contributed by atoms with Crippen LogP contribution in [0.4, 0.5) is 8.78 Å². The van der Waals surface area contributed by atoms with E-state index in [1.807, 2.05) is 6.07 Å². The standard InChI is InChI=1S/C16H16BrF2NO/c1-9-5-6-13(18)14(15(9)19)16(21)12(8-20)10-3-2-4-11(17)7-10/h2-7,12,16,21H,8,20H2,1H3. The van der Waals surface area contributed by atoms with Gasteiger partial charge >= 0.3 is 0 Å². The summed E-state index contributed by atoms with van der Waals surface area (Å²) in [6.07, 6.45) is -1.34. The van der Waals surface area contributed by atoms with Gasteiger partial charge in [-0.1, -0.05) is 34.1 Å². The molecule has 0 radical (unpaired) electrons. The molecule has 0 aromatic heterocycles. The van der Waals surface area contributed by atoms with E-state index in [9.17, 15) is 13.9 Å². The fourth-order valence-corrected chi connectivity index (χ4v) is 2.75. The quantitative estimate of drug-likeness (QED) is 0.875. The lowest BCUT2D eigenvalue weighted by atomic mass is 9.88. The molecule has 0 fully saturated rings. The Morgan fingerprint density at radius 2 is 1.95 bits per heavy atom. The molecule has 0 heterocycles. The van der Waals surface area contributed by atoms with Gasteiger partial charge in [0.25, 0.3) is 0 Å². The molecule has 0 saturated carbocycles. The first-order chi connectivity index (χ1) is 9.95. The van der Waals surface area contributed by atoms with Crippen LogP contribution in [0.2, 0.25) is 0 Å². The summed E-state index contributed by atoms with van der Waals surface area (Å²) in [7, 11) is 0. The normalized spacial score (nSPS) is 14.0. The SMILES string of the molecule is Cc1ccc(F)c(C(O)C(CN)c2cccc(Br)c2)c1F. The summed E-state index contributed by atoms with van der Waals surface area (Å²) in [6, 6.07) is 9.68. The third kappa shape index (κ3) is 3.31. The number of nitrogens with two attached hydrogens (primary N) is 1. The van der Waals surface area contributed by atoms with Crippen LogP contribution in [0.5, 0.6) is 0 Å². The van der Waals surface area contributed by atoms with Crippen molar-refractivity contribution in [1.29, 1.82) is 0 Å². The van der Waals surface area contributed by atoms with Gasteiger partial charge in [0.05, 0.1) is 11.7 Å². The molecule has 2 aromatic carbocycles. The Kier molecular flexibility index (Phi) is 5.08. The Morgan fingerprint density at radius 3 is 2.57 bits per heavy atom. The molecule has 0 amide bonds. The van der Waals surface area contributed by atoms with E-state index in [1.54, 1.807) is 18.2 Å². The second-order valence-corrected chi connectivity index (χ2v) is 5.85. The zero-order chi connectivity index (χ0) is 15.6. The number of benzene rings is 2. The summed E-state index contributed by atoms with van der Waals surface area (Å²) < 4.78 is 28.9. The summed E-state index contributed by atoms with van der Waals surface area (Å²) in [5.41, 5.74) is 6.39. The first kappa shape index (κ1) is 16.1. The third-order valence-corrected chi connectivity index (χ3v) is 4.02. The molecule has 0 spiro atoms. The summed E-state index contributed by atoms with van der Waals surface area (Å²) in [6.45, 7) is 1.60. The molecule has 0 aliphatic rings. The number of rotatable bonds is 4. The lowest BCUT2D eigenvalue weighted by Gasteiger charge is -2.23. The largest absolute Gasteiger partial charge is 0.388 e. The average molecular weight is 356 g/mol. The van der Waals surface area contributed by atoms with Gasteiger partial charge in [-0.2, -0.15) is 0 Å². The predicted octanol–water partition coefficient (Wildman–Crippen LogP) is 3.81. The fourth-order valence-electron chi connectivity index (χ4n) is 2.34. The zero-order valence-electron chi connectivity index (χ0n) is 11.5. The van der Waals surface area contributed by atoms with Gasteiger partial charge in [-0.05, 0) is 36.2 Å². The molecule has 2 nitrogen and oxygen atoms in total. The van der Waals surface area contributed by atoms with Crippen molar-refractivity contribution in [2.45, 2.75) is 18.9 Å². The van der Waals surface area contributed by atoms with Crippen LogP contribution in [0.25, 0.3) is 0 Å². The van der Waals surface area contributed by atoms with Crippen LogP contribution < -0.4 is 5.73 Å². The lowest BCUT2D eigenvalue weighted by molar-refractivity contribution is 0.138. The minimum atomic E-state index is -1.34. The van der Waals surface area contributed by atoms with Gasteiger partial charge < -0.3 is 10.8 Å². The summed E-state index contributed by atoms with van der Waals surface area (Å²) in [5, 5.41) is 10.4. The molecule has 2 unspecified atom stereocenters. The van der Waals surface area contributed by atoms with E-state index in [0.29, 0.717) is 0 Å². The molecule has 2 rings (SSSR count). The van der Waals surface area contributed by atoms with Crippen LogP contribution in [0.3, 0.4) is 0 Å². The highest BCUT2D eigenvalue weighted by atomic mass is 79.9. The summed E-state index contributed by atoms with van der Waals surface area (Å²) >= 11 is 3.33. The minimum Gasteiger partial charge on any atom is -0.388 e. The molecule has 0 bridgehead atoms. The molecule has 21 heavy (non-hydrogen) atoms. The highest BCUT2D eigenvalue weighted by molar-refractivity contribution is 9.10. The van der Waals surface area contributed by atoms with Crippen LogP contribution in [-0.2, 0) is 0 Å². The summed E-state index contributed by atoms with van der Waals surface area (Å²) in [4.78, 5) is 0. The Balaban J connectivity index is 2.46. The van der Waals surface area contributed by atoms with Gasteiger partial charge in [0.2, 0.25) is 0 Å². The molecule has 2 atom stereocenters. The van der Waals surface area contributed by atoms with E-state index >= 15 is 0 Å². The zero-order valence-corrected chi connectivity index (χ0v) is 13.1. The highest BCUT2D eigenvalue weighted by Crippen LogP contribution is 2.34. The van der Waals surface area contributed by atoms with Crippen LogP contribution in [0, 0.1) is 18.6 Å². The van der Waals surface area contributed by atoms with Crippen LogP contribution in [0.1, 0.15) is 28.7 Å². The Hall–Kier alpha value is -1.30. The molecule has 112 valence electrons. The second kappa shape index (κ2) is 6.64. The Bertz CT molecular complexity index is 648. The van der Waals surface area contributed by atoms with Gasteiger partial charge in [0, 0.05) is 16.9 Å². The van der Waals surface area contributed by atoms with Gasteiger partial charge in [0.1, 0.15) is 11.6 Å². The molecule has 0 aliphatic carbocycles. The molecule has 0 saturated heterocycles. The van der Waals surface area contributed by atoms with Crippen molar-refractivity contribution in [3.05, 3.63) is 69.2 Å². The number of hydrogen-bond acceptors (Lipinski definition) is 2. The van der Waals surface area contributed by atoms with Crippen molar-refractivity contribution in [3.63, 3.8) is 0 Å². The molecule has 3 N–H and O–H groups in total. The minimum absolute atomic E-state index is 0.0739. The van der Waals surface area contributed by atoms with Crippen LogP contribution >= 0.6 is 15.9 Å². The van der Waals surface area contributed by atoms with Crippen molar-refractivity contribution < 1.29 is 13.9 Å². The van der Waals surface area contributed by atoms with E-state index < -0.39 is 23.7 Å². The second-order valence-electron chi connectivity index (χ2n) is 4.93. The predicted molar refractivity (Wildman–Crippen MR) is 82.0 cm³/mol. The van der Waals surface area contributed by atoms with Crippen molar-refractivity contribution in [2.24, 2.45) is 5.73 Å². The molecular formula is C16H16BrF2NO. The number of aryl methyl sites for hydroxylation is 1. The number of halogens is 3. The average Bonchev–Trinajstić information content (AvgIpc) is 2.44. The molecule has 2 aromatic rings. The van der Waals surface area contributed by atoms with Crippen molar-refractivity contribution in [3.8, 4) is 0 Å². The number of aliphatic hydroxyl groups is 1. The van der Waals surface area contributed by atoms with E-state index in [0.717, 1.165) is 16.1 Å². The van der Waals surface area contributed by atoms with E-state index in [1.165, 1.54) is 13.0 Å². The first-order valence-corrected chi connectivity index (χ1v) is 7.33. The van der Waals surface area contributed by atoms with E-state index in [2.05, 4.69) is 15.9 Å². The monoisotopic (exact) mass is 355 g/mol. The topological polar surface area (TPSA) is 46.2 Å². The maximum atomic E-state index is 14.2.